The van der Waals surface area contributed by atoms with Gasteiger partial charge in [0.05, 0.1) is 33.3 Å². The van der Waals surface area contributed by atoms with Crippen molar-refractivity contribution < 1.29 is 33.0 Å². The van der Waals surface area contributed by atoms with Crippen molar-refractivity contribution in [2.75, 3.05) is 0 Å². The van der Waals surface area contributed by atoms with Crippen LogP contribution in [0.15, 0.2) is 53.4 Å². The first kappa shape index (κ1) is 31.5. The summed E-state index contributed by atoms with van der Waals surface area (Å²) in [5, 5.41) is 37.7. The molecule has 0 unspecified atom stereocenters. The first-order valence-corrected chi connectivity index (χ1v) is 14.4. The molecule has 1 atom stereocenters. The molecule has 0 bridgehead atoms. The number of carbonyl (C=O) groups is 3. The Morgan fingerprint density at radius 2 is 1.66 bits per heavy atom. The van der Waals surface area contributed by atoms with Crippen molar-refractivity contribution in [1.29, 1.82) is 5.41 Å². The zero-order chi connectivity index (χ0) is 32.7. The molecule has 4 aromatic rings. The van der Waals surface area contributed by atoms with Crippen LogP contribution in [0.4, 0.5) is 0 Å². The van der Waals surface area contributed by atoms with Crippen molar-refractivity contribution in [3.63, 3.8) is 0 Å². The first-order chi connectivity index (χ1) is 20.4. The van der Waals surface area contributed by atoms with E-state index in [1.54, 1.807) is 18.2 Å². The smallest absolute Gasteiger partial charge is 0.240 e. The number of fused-ring (bicyclic) bond motifs is 1. The van der Waals surface area contributed by atoms with Crippen LogP contribution in [0, 0.1) is 5.41 Å². The molecular formula is C28H30N8O7S. The predicted octanol–water partition coefficient (Wildman–Crippen LogP) is 0.363. The third kappa shape index (κ3) is 6.16. The summed E-state index contributed by atoms with van der Waals surface area (Å²) in [6.45, 7) is 2.98. The lowest BCUT2D eigenvalue weighted by atomic mass is 9.80. The number of aromatic hydroxyl groups is 2. The third-order valence-corrected chi connectivity index (χ3v) is 8.00. The molecular weight excluding hydrogens is 592 g/mol. The van der Waals surface area contributed by atoms with Gasteiger partial charge in [-0.1, -0.05) is 0 Å². The van der Waals surface area contributed by atoms with Gasteiger partial charge in [-0.05, 0) is 67.9 Å². The van der Waals surface area contributed by atoms with Crippen molar-refractivity contribution in [3.8, 4) is 34.0 Å². The molecule has 0 radical (unpaired) electrons. The van der Waals surface area contributed by atoms with Gasteiger partial charge < -0.3 is 37.7 Å². The number of sulfonamides is 1. The first-order valence-electron chi connectivity index (χ1n) is 12.9. The standard InChI is InChI=1S/C28H30N8O7S/c1-28(2,27(41)36-20(25(32)40)11-22(29)38)13-8-16(15-10-14(44(33,42)43)4-6-21(15)37)23(39)17(9-13)26-34-18-5-3-12(24(30)31)7-19(18)35-26/h3-10,20,37,39H,11H2,1-2H3,(H2,29,38)(H3,30,31)(H2,32,40)(H,34,35)(H,36,41)(H2,33,42,43)/t20-/m0/s1. The van der Waals surface area contributed by atoms with E-state index in [0.717, 1.165) is 18.2 Å². The van der Waals surface area contributed by atoms with E-state index in [4.69, 9.17) is 27.7 Å². The third-order valence-electron chi connectivity index (χ3n) is 7.09. The number of nitrogens with two attached hydrogens (primary N) is 4. The highest BCUT2D eigenvalue weighted by atomic mass is 32.2. The summed E-state index contributed by atoms with van der Waals surface area (Å²) < 4.78 is 24.2. The average molecular weight is 623 g/mol. The summed E-state index contributed by atoms with van der Waals surface area (Å²) in [7, 11) is -4.22. The molecule has 0 fully saturated rings. The second-order valence-electron chi connectivity index (χ2n) is 10.6. The summed E-state index contributed by atoms with van der Waals surface area (Å²) >= 11 is 0. The zero-order valence-electron chi connectivity index (χ0n) is 23.5. The summed E-state index contributed by atoms with van der Waals surface area (Å²) in [6.07, 6.45) is -0.543. The Bertz CT molecular complexity index is 1970. The molecule has 0 saturated carbocycles. The molecule has 16 heteroatoms. The molecule has 0 aliphatic rings. The van der Waals surface area contributed by atoms with Gasteiger partial charge in [0.25, 0.3) is 0 Å². The highest BCUT2D eigenvalue weighted by Gasteiger charge is 2.35. The van der Waals surface area contributed by atoms with E-state index in [-0.39, 0.29) is 38.8 Å². The van der Waals surface area contributed by atoms with E-state index < -0.39 is 57.1 Å². The number of H-pyrrole nitrogens is 1. The zero-order valence-corrected chi connectivity index (χ0v) is 24.3. The normalized spacial score (nSPS) is 12.5. The Balaban J connectivity index is 1.97. The Hall–Kier alpha value is -5.48. The van der Waals surface area contributed by atoms with Gasteiger partial charge in [0.15, 0.2) is 0 Å². The van der Waals surface area contributed by atoms with Crippen LogP contribution < -0.4 is 27.7 Å². The number of nitrogens with one attached hydrogen (secondary N) is 3. The van der Waals surface area contributed by atoms with Gasteiger partial charge in [-0.2, -0.15) is 0 Å². The fourth-order valence-corrected chi connectivity index (χ4v) is 5.03. The number of primary amides is 2. The Labute approximate surface area is 250 Å². The molecule has 1 heterocycles. The number of aromatic nitrogens is 2. The second-order valence-corrected chi connectivity index (χ2v) is 12.2. The van der Waals surface area contributed by atoms with Crippen LogP contribution in [-0.4, -0.2) is 58.2 Å². The number of phenols is 2. The van der Waals surface area contributed by atoms with Crippen molar-refractivity contribution in [2.24, 2.45) is 22.3 Å². The van der Waals surface area contributed by atoms with Crippen LogP contribution in [0.2, 0.25) is 0 Å². The maximum absolute atomic E-state index is 13.5. The summed E-state index contributed by atoms with van der Waals surface area (Å²) in [6, 6.07) is 9.40. The minimum absolute atomic E-state index is 0.0444. The van der Waals surface area contributed by atoms with E-state index >= 15 is 0 Å². The SMILES string of the molecule is CC(C)(C(=O)N[C@@H](CC(N)=O)C(N)=O)c1cc(-c2nc3ccc(C(=N)N)cc3[nH]2)c(O)c(-c2cc(S(N)(=O)=O)ccc2O)c1. The highest BCUT2D eigenvalue weighted by Crippen LogP contribution is 2.44. The van der Waals surface area contributed by atoms with Gasteiger partial charge in [-0.3, -0.25) is 19.8 Å². The molecule has 1 aromatic heterocycles. The van der Waals surface area contributed by atoms with Gasteiger partial charge in [-0.15, -0.1) is 0 Å². The average Bonchev–Trinajstić information content (AvgIpc) is 3.35. The van der Waals surface area contributed by atoms with Crippen LogP contribution in [0.1, 0.15) is 31.4 Å². The minimum atomic E-state index is -4.22. The minimum Gasteiger partial charge on any atom is -0.507 e. The molecule has 0 aliphatic heterocycles. The summed E-state index contributed by atoms with van der Waals surface area (Å²) in [5.74, 6) is -3.53. The van der Waals surface area contributed by atoms with Gasteiger partial charge in [0.1, 0.15) is 29.2 Å². The van der Waals surface area contributed by atoms with E-state index in [0.29, 0.717) is 16.6 Å². The Morgan fingerprint density at radius 1 is 1.00 bits per heavy atom. The number of hydrogen-bond acceptors (Lipinski definition) is 9. The number of imidazole rings is 1. The number of hydrogen-bond donors (Lipinski definition) is 9. The topological polar surface area (TPSA) is 294 Å². The number of primary sulfonamides is 1. The maximum atomic E-state index is 13.5. The molecule has 0 saturated heterocycles. The Morgan fingerprint density at radius 3 is 2.25 bits per heavy atom. The van der Waals surface area contributed by atoms with E-state index in [1.165, 1.54) is 26.0 Å². The largest absolute Gasteiger partial charge is 0.507 e. The van der Waals surface area contributed by atoms with Gasteiger partial charge >= 0.3 is 0 Å². The van der Waals surface area contributed by atoms with Crippen molar-refractivity contribution in [1.82, 2.24) is 15.3 Å². The van der Waals surface area contributed by atoms with Crippen molar-refractivity contribution in [3.05, 3.63) is 59.7 Å². The van der Waals surface area contributed by atoms with Gasteiger partial charge in [-0.25, -0.2) is 18.5 Å². The lowest BCUT2D eigenvalue weighted by Gasteiger charge is -2.28. The molecule has 3 amide bonds. The lowest BCUT2D eigenvalue weighted by Crippen LogP contribution is -2.51. The second kappa shape index (κ2) is 11.3. The number of phenolic OH excluding ortho intramolecular Hbond substituents is 2. The number of benzene rings is 3. The lowest BCUT2D eigenvalue weighted by molar-refractivity contribution is -0.131. The summed E-state index contributed by atoms with van der Waals surface area (Å²) in [5.41, 5.74) is 16.0. The number of aromatic amines is 1. The number of amides is 3. The van der Waals surface area contributed by atoms with Gasteiger partial charge in [0.2, 0.25) is 27.7 Å². The molecule has 4 rings (SSSR count). The van der Waals surface area contributed by atoms with E-state index in [1.807, 2.05) is 0 Å². The van der Waals surface area contributed by atoms with Gasteiger partial charge in [0, 0.05) is 16.7 Å². The molecule has 15 nitrogen and oxygen atoms in total. The highest BCUT2D eigenvalue weighted by molar-refractivity contribution is 7.89. The molecule has 13 N–H and O–H groups in total. The number of nitrogens with zero attached hydrogens (tertiary/aromatic N) is 1. The monoisotopic (exact) mass is 622 g/mol. The molecule has 3 aromatic carbocycles. The molecule has 0 aliphatic carbocycles. The van der Waals surface area contributed by atoms with Crippen LogP contribution in [0.25, 0.3) is 33.5 Å². The van der Waals surface area contributed by atoms with Crippen molar-refractivity contribution >= 4 is 44.6 Å². The van der Waals surface area contributed by atoms with Crippen molar-refractivity contribution in [2.45, 2.75) is 36.6 Å². The van der Waals surface area contributed by atoms with E-state index in [2.05, 4.69) is 15.3 Å². The maximum Gasteiger partial charge on any atom is 0.240 e. The number of nitrogen functional groups attached to an aromatic ring is 1. The van der Waals surface area contributed by atoms with Crippen LogP contribution in [-0.2, 0) is 29.8 Å². The van der Waals surface area contributed by atoms with Crippen LogP contribution in [0.3, 0.4) is 0 Å². The van der Waals surface area contributed by atoms with E-state index in [9.17, 15) is 33.0 Å². The molecule has 44 heavy (non-hydrogen) atoms. The number of rotatable bonds is 10. The van der Waals surface area contributed by atoms with Crippen LogP contribution >= 0.6 is 0 Å². The molecule has 0 spiro atoms. The number of carbonyl (C=O) groups excluding carboxylic acids is 3. The number of amidine groups is 1. The quantitative estimate of drug-likeness (QED) is 0.0870. The Kier molecular flexibility index (Phi) is 8.08. The fraction of sp³-hybridized carbons (Fsp3) is 0.179. The predicted molar refractivity (Wildman–Crippen MR) is 161 cm³/mol. The molecule has 230 valence electrons. The van der Waals surface area contributed by atoms with Crippen LogP contribution in [0.5, 0.6) is 11.5 Å². The fourth-order valence-electron chi connectivity index (χ4n) is 4.49. The summed E-state index contributed by atoms with van der Waals surface area (Å²) in [4.78, 5) is 44.1.